The number of carbonyl (C=O) groups excluding carboxylic acids is 1. The summed E-state index contributed by atoms with van der Waals surface area (Å²) in [5.41, 5.74) is 2.85. The van der Waals surface area contributed by atoms with E-state index in [0.717, 1.165) is 16.8 Å². The zero-order valence-electron chi connectivity index (χ0n) is 14.0. The van der Waals surface area contributed by atoms with Crippen molar-refractivity contribution in [1.29, 1.82) is 0 Å². The molecule has 0 saturated carbocycles. The summed E-state index contributed by atoms with van der Waals surface area (Å²) in [6.45, 7) is 2.00. The topological polar surface area (TPSA) is 88.2 Å². The van der Waals surface area contributed by atoms with E-state index in [1.165, 1.54) is 0 Å². The van der Waals surface area contributed by atoms with E-state index in [1.54, 1.807) is 18.3 Å². The lowest BCUT2D eigenvalue weighted by molar-refractivity contribution is -0.115. The molecule has 2 aromatic rings. The molecule has 1 aliphatic heterocycles. The van der Waals surface area contributed by atoms with Gasteiger partial charge in [0.05, 0.1) is 29.8 Å². The molecule has 2 N–H and O–H groups in total. The van der Waals surface area contributed by atoms with Gasteiger partial charge in [-0.2, -0.15) is 0 Å². The van der Waals surface area contributed by atoms with Gasteiger partial charge in [0.25, 0.3) is 0 Å². The Kier molecular flexibility index (Phi) is 5.03. The van der Waals surface area contributed by atoms with Crippen molar-refractivity contribution in [3.63, 3.8) is 0 Å². The average molecular weight is 359 g/mol. The quantitative estimate of drug-likeness (QED) is 0.854. The lowest BCUT2D eigenvalue weighted by Gasteiger charge is -2.12. The third kappa shape index (κ3) is 5.03. The van der Waals surface area contributed by atoms with Crippen LogP contribution in [-0.4, -0.2) is 36.9 Å². The molecule has 0 aliphatic carbocycles. The zero-order valence-corrected chi connectivity index (χ0v) is 14.8. The molecule has 132 valence electrons. The highest BCUT2D eigenvalue weighted by Crippen LogP contribution is 2.18. The summed E-state index contributed by atoms with van der Waals surface area (Å²) < 4.78 is 22.9. The summed E-state index contributed by atoms with van der Waals surface area (Å²) in [6.07, 6.45) is 2.51. The third-order valence-electron chi connectivity index (χ3n) is 4.12. The number of nitrogens with zero attached hydrogens (tertiary/aromatic N) is 1. The first-order valence-electron chi connectivity index (χ1n) is 8.18. The normalized spacial score (nSPS) is 18.7. The second kappa shape index (κ2) is 7.23. The number of aromatic nitrogens is 1. The number of amides is 1. The number of hydrogen-bond donors (Lipinski definition) is 2. The molecule has 1 fully saturated rings. The Labute approximate surface area is 147 Å². The van der Waals surface area contributed by atoms with Crippen molar-refractivity contribution >= 4 is 27.2 Å². The standard InChI is InChI=1S/C18H21N3O3S/c1-13-2-4-14(5-3-13)10-18(22)21-17-7-6-15(11-19-17)20-16-8-9-25(23,24)12-16/h2-7,11,16,20H,8-10,12H2,1H3,(H,19,21,22). The van der Waals surface area contributed by atoms with Crippen molar-refractivity contribution in [1.82, 2.24) is 4.98 Å². The van der Waals surface area contributed by atoms with Gasteiger partial charge < -0.3 is 10.6 Å². The van der Waals surface area contributed by atoms with E-state index in [9.17, 15) is 13.2 Å². The van der Waals surface area contributed by atoms with Crippen LogP contribution in [0.1, 0.15) is 17.5 Å². The molecule has 0 radical (unpaired) electrons. The van der Waals surface area contributed by atoms with Gasteiger partial charge in [0.2, 0.25) is 5.91 Å². The minimum Gasteiger partial charge on any atom is -0.380 e. The molecule has 0 bridgehead atoms. The molecule has 1 amide bonds. The summed E-state index contributed by atoms with van der Waals surface area (Å²) in [6, 6.07) is 11.2. The van der Waals surface area contributed by atoms with Gasteiger partial charge in [-0.15, -0.1) is 0 Å². The predicted molar refractivity (Wildman–Crippen MR) is 98.4 cm³/mol. The second-order valence-corrected chi connectivity index (χ2v) is 8.62. The Morgan fingerprint density at radius 2 is 1.96 bits per heavy atom. The van der Waals surface area contributed by atoms with E-state index in [4.69, 9.17) is 0 Å². The number of pyridine rings is 1. The van der Waals surface area contributed by atoms with Gasteiger partial charge in [0, 0.05) is 6.04 Å². The highest BCUT2D eigenvalue weighted by Gasteiger charge is 2.27. The van der Waals surface area contributed by atoms with Gasteiger partial charge in [0.15, 0.2) is 9.84 Å². The Morgan fingerprint density at radius 1 is 1.20 bits per heavy atom. The van der Waals surface area contributed by atoms with Crippen LogP contribution in [0.15, 0.2) is 42.6 Å². The number of sulfone groups is 1. The first kappa shape index (κ1) is 17.4. The highest BCUT2D eigenvalue weighted by atomic mass is 32.2. The fourth-order valence-corrected chi connectivity index (χ4v) is 4.45. The van der Waals surface area contributed by atoms with E-state index in [0.29, 0.717) is 18.7 Å². The van der Waals surface area contributed by atoms with Crippen molar-refractivity contribution in [2.45, 2.75) is 25.8 Å². The van der Waals surface area contributed by atoms with E-state index < -0.39 is 9.84 Å². The van der Waals surface area contributed by atoms with Crippen molar-refractivity contribution < 1.29 is 13.2 Å². The van der Waals surface area contributed by atoms with Gasteiger partial charge >= 0.3 is 0 Å². The number of aryl methyl sites for hydroxylation is 1. The number of carbonyl (C=O) groups is 1. The van der Waals surface area contributed by atoms with E-state index >= 15 is 0 Å². The number of nitrogens with one attached hydrogen (secondary N) is 2. The van der Waals surface area contributed by atoms with Crippen LogP contribution in [0.2, 0.25) is 0 Å². The number of rotatable bonds is 5. The predicted octanol–water partition coefficient (Wildman–Crippen LogP) is 2.17. The summed E-state index contributed by atoms with van der Waals surface area (Å²) in [7, 11) is -2.91. The molecule has 1 aromatic heterocycles. The molecule has 2 heterocycles. The minimum absolute atomic E-state index is 0.0752. The fourth-order valence-electron chi connectivity index (χ4n) is 2.78. The lowest BCUT2D eigenvalue weighted by atomic mass is 10.1. The molecule has 1 atom stereocenters. The maximum Gasteiger partial charge on any atom is 0.229 e. The first-order chi connectivity index (χ1) is 11.9. The smallest absolute Gasteiger partial charge is 0.229 e. The number of benzene rings is 1. The molecule has 25 heavy (non-hydrogen) atoms. The fraction of sp³-hybridized carbons (Fsp3) is 0.333. The van der Waals surface area contributed by atoms with Crippen molar-refractivity contribution in [3.8, 4) is 0 Å². The molecule has 6 nitrogen and oxygen atoms in total. The Hall–Kier alpha value is -2.41. The molecule has 7 heteroatoms. The summed E-state index contributed by atoms with van der Waals surface area (Å²) >= 11 is 0. The molecule has 1 aliphatic rings. The molecule has 3 rings (SSSR count). The number of hydrogen-bond acceptors (Lipinski definition) is 5. The van der Waals surface area contributed by atoms with Gasteiger partial charge in [0.1, 0.15) is 5.82 Å². The van der Waals surface area contributed by atoms with E-state index in [-0.39, 0.29) is 23.5 Å². The average Bonchev–Trinajstić information content (AvgIpc) is 2.90. The first-order valence-corrected chi connectivity index (χ1v) is 10.0. The van der Waals surface area contributed by atoms with Crippen LogP contribution in [0.4, 0.5) is 11.5 Å². The summed E-state index contributed by atoms with van der Waals surface area (Å²) in [5.74, 6) is 0.730. The zero-order chi connectivity index (χ0) is 17.9. The molecule has 0 spiro atoms. The summed E-state index contributed by atoms with van der Waals surface area (Å²) in [5, 5.41) is 5.93. The monoisotopic (exact) mass is 359 g/mol. The van der Waals surface area contributed by atoms with Crippen LogP contribution in [0.3, 0.4) is 0 Å². The van der Waals surface area contributed by atoms with Gasteiger partial charge in [-0.1, -0.05) is 29.8 Å². The molecule has 1 saturated heterocycles. The Bertz CT molecular complexity index is 846. The maximum absolute atomic E-state index is 12.1. The van der Waals surface area contributed by atoms with Crippen molar-refractivity contribution in [2.24, 2.45) is 0 Å². The molecular weight excluding hydrogens is 338 g/mol. The van der Waals surface area contributed by atoms with Crippen LogP contribution in [-0.2, 0) is 21.1 Å². The van der Waals surface area contributed by atoms with Crippen LogP contribution < -0.4 is 10.6 Å². The third-order valence-corrected chi connectivity index (χ3v) is 5.89. The number of anilines is 2. The van der Waals surface area contributed by atoms with Crippen molar-refractivity contribution in [3.05, 3.63) is 53.7 Å². The van der Waals surface area contributed by atoms with Gasteiger partial charge in [-0.25, -0.2) is 13.4 Å². The maximum atomic E-state index is 12.1. The molecular formula is C18H21N3O3S. The van der Waals surface area contributed by atoms with E-state index in [2.05, 4.69) is 15.6 Å². The Morgan fingerprint density at radius 3 is 2.56 bits per heavy atom. The summed E-state index contributed by atoms with van der Waals surface area (Å²) in [4.78, 5) is 16.3. The second-order valence-electron chi connectivity index (χ2n) is 6.39. The molecule has 1 unspecified atom stereocenters. The van der Waals surface area contributed by atoms with E-state index in [1.807, 2.05) is 31.2 Å². The SMILES string of the molecule is Cc1ccc(CC(=O)Nc2ccc(NC3CCS(=O)(=O)C3)cn2)cc1. The van der Waals surface area contributed by atoms with Crippen LogP contribution in [0.25, 0.3) is 0 Å². The van der Waals surface area contributed by atoms with Crippen LogP contribution in [0, 0.1) is 6.92 Å². The van der Waals surface area contributed by atoms with Crippen molar-refractivity contribution in [2.75, 3.05) is 22.1 Å². The van der Waals surface area contributed by atoms with Crippen LogP contribution in [0.5, 0.6) is 0 Å². The molecule has 1 aromatic carbocycles. The highest BCUT2D eigenvalue weighted by molar-refractivity contribution is 7.91. The van der Waals surface area contributed by atoms with Gasteiger partial charge in [-0.3, -0.25) is 4.79 Å². The lowest BCUT2D eigenvalue weighted by Crippen LogP contribution is -2.20. The van der Waals surface area contributed by atoms with Crippen LogP contribution >= 0.6 is 0 Å². The largest absolute Gasteiger partial charge is 0.380 e. The minimum atomic E-state index is -2.91. The van der Waals surface area contributed by atoms with Gasteiger partial charge in [-0.05, 0) is 31.0 Å². The Balaban J connectivity index is 1.53.